The van der Waals surface area contributed by atoms with Crippen LogP contribution in [-0.4, -0.2) is 45.3 Å². The second-order valence-electron chi connectivity index (χ2n) is 3.89. The van der Waals surface area contributed by atoms with Gasteiger partial charge in [0.25, 0.3) is 0 Å². The van der Waals surface area contributed by atoms with Crippen LogP contribution in [0, 0.1) is 0 Å². The minimum absolute atomic E-state index is 0.133. The van der Waals surface area contributed by atoms with E-state index in [4.69, 9.17) is 19.3 Å². The molecular formula is C14H22O4. The maximum absolute atomic E-state index is 8.94. The Bertz CT molecular complexity index is 314. The van der Waals surface area contributed by atoms with E-state index in [2.05, 4.69) is 0 Å². The second-order valence-corrected chi connectivity index (χ2v) is 3.89. The molecule has 4 heteroatoms. The smallest absolute Gasteiger partial charge is 0.122 e. The fourth-order valence-electron chi connectivity index (χ4n) is 1.59. The van der Waals surface area contributed by atoms with Crippen LogP contribution in [0.25, 0.3) is 0 Å². The third kappa shape index (κ3) is 6.00. The van der Waals surface area contributed by atoms with E-state index in [1.54, 1.807) is 7.11 Å². The predicted molar refractivity (Wildman–Crippen MR) is 70.0 cm³/mol. The summed E-state index contributed by atoms with van der Waals surface area (Å²) in [6.07, 6.45) is 1.52. The number of methoxy groups -OCH3 is 1. The van der Waals surface area contributed by atoms with Gasteiger partial charge in [0.2, 0.25) is 0 Å². The first-order valence-electron chi connectivity index (χ1n) is 6.26. The SMILES string of the molecule is COCCCOCCOc1ccccc1CCO. The van der Waals surface area contributed by atoms with Gasteiger partial charge >= 0.3 is 0 Å². The lowest BCUT2D eigenvalue weighted by molar-refractivity contribution is 0.0803. The summed E-state index contributed by atoms with van der Waals surface area (Å²) in [5.41, 5.74) is 1.03. The molecule has 0 saturated carbocycles. The van der Waals surface area contributed by atoms with Crippen molar-refractivity contribution in [2.45, 2.75) is 12.8 Å². The van der Waals surface area contributed by atoms with Gasteiger partial charge in [-0.3, -0.25) is 0 Å². The molecular weight excluding hydrogens is 232 g/mol. The summed E-state index contributed by atoms with van der Waals surface area (Å²) in [6.45, 7) is 2.64. The Morgan fingerprint density at radius 1 is 1.06 bits per heavy atom. The lowest BCUT2D eigenvalue weighted by Gasteiger charge is -2.10. The molecule has 1 aromatic carbocycles. The first kappa shape index (κ1) is 15.0. The van der Waals surface area contributed by atoms with Crippen molar-refractivity contribution < 1.29 is 19.3 Å². The van der Waals surface area contributed by atoms with E-state index in [1.807, 2.05) is 24.3 Å². The van der Waals surface area contributed by atoms with Crippen LogP contribution in [0.2, 0.25) is 0 Å². The van der Waals surface area contributed by atoms with Crippen LogP contribution in [0.15, 0.2) is 24.3 Å². The summed E-state index contributed by atoms with van der Waals surface area (Å²) in [4.78, 5) is 0. The first-order valence-corrected chi connectivity index (χ1v) is 6.26. The first-order chi connectivity index (χ1) is 8.88. The lowest BCUT2D eigenvalue weighted by atomic mass is 10.1. The van der Waals surface area contributed by atoms with Crippen LogP contribution in [0.3, 0.4) is 0 Å². The molecule has 1 rings (SSSR count). The zero-order valence-electron chi connectivity index (χ0n) is 10.9. The summed E-state index contributed by atoms with van der Waals surface area (Å²) in [7, 11) is 1.68. The normalized spacial score (nSPS) is 10.6. The number of aliphatic hydroxyl groups is 1. The monoisotopic (exact) mass is 254 g/mol. The molecule has 0 heterocycles. The van der Waals surface area contributed by atoms with E-state index in [-0.39, 0.29) is 6.61 Å². The number of hydrogen-bond acceptors (Lipinski definition) is 4. The van der Waals surface area contributed by atoms with Crippen LogP contribution in [0.1, 0.15) is 12.0 Å². The third-order valence-corrected chi connectivity index (χ3v) is 2.48. The molecule has 1 N–H and O–H groups in total. The molecule has 0 saturated heterocycles. The number of hydrogen-bond donors (Lipinski definition) is 1. The van der Waals surface area contributed by atoms with Crippen molar-refractivity contribution in [1.29, 1.82) is 0 Å². The molecule has 0 amide bonds. The number of para-hydroxylation sites is 1. The van der Waals surface area contributed by atoms with Crippen LogP contribution in [-0.2, 0) is 15.9 Å². The minimum Gasteiger partial charge on any atom is -0.491 e. The standard InChI is InChI=1S/C14H22O4/c1-16-9-4-10-17-11-12-18-14-6-3-2-5-13(14)7-8-15/h2-3,5-6,15H,4,7-12H2,1H3. The van der Waals surface area contributed by atoms with Crippen LogP contribution < -0.4 is 4.74 Å². The molecule has 0 aliphatic heterocycles. The molecule has 0 unspecified atom stereocenters. The molecule has 0 aliphatic rings. The number of benzene rings is 1. The van der Waals surface area contributed by atoms with Crippen molar-refractivity contribution >= 4 is 0 Å². The van der Waals surface area contributed by atoms with Gasteiger partial charge in [0.15, 0.2) is 0 Å². The van der Waals surface area contributed by atoms with E-state index < -0.39 is 0 Å². The Balaban J connectivity index is 2.18. The molecule has 0 bridgehead atoms. The van der Waals surface area contributed by atoms with Gasteiger partial charge in [0, 0.05) is 26.9 Å². The molecule has 0 aromatic heterocycles. The fraction of sp³-hybridized carbons (Fsp3) is 0.571. The van der Waals surface area contributed by atoms with E-state index in [0.717, 1.165) is 24.3 Å². The van der Waals surface area contributed by atoms with Crippen molar-refractivity contribution in [3.05, 3.63) is 29.8 Å². The Kier molecular flexibility index (Phi) is 8.21. The average molecular weight is 254 g/mol. The van der Waals surface area contributed by atoms with E-state index in [1.165, 1.54) is 0 Å². The molecule has 0 spiro atoms. The van der Waals surface area contributed by atoms with Crippen LogP contribution in [0.4, 0.5) is 0 Å². The van der Waals surface area contributed by atoms with Gasteiger partial charge in [0.1, 0.15) is 12.4 Å². The average Bonchev–Trinajstić information content (AvgIpc) is 2.40. The molecule has 4 nitrogen and oxygen atoms in total. The van der Waals surface area contributed by atoms with E-state index in [0.29, 0.717) is 26.2 Å². The van der Waals surface area contributed by atoms with Gasteiger partial charge in [-0.1, -0.05) is 18.2 Å². The van der Waals surface area contributed by atoms with Gasteiger partial charge in [0.05, 0.1) is 6.61 Å². The van der Waals surface area contributed by atoms with Crippen molar-refractivity contribution in [2.75, 3.05) is 40.1 Å². The van der Waals surface area contributed by atoms with Gasteiger partial charge < -0.3 is 19.3 Å². The summed E-state index contributed by atoms with van der Waals surface area (Å²) >= 11 is 0. The van der Waals surface area contributed by atoms with Gasteiger partial charge in [-0.2, -0.15) is 0 Å². The minimum atomic E-state index is 0.133. The van der Waals surface area contributed by atoms with E-state index in [9.17, 15) is 0 Å². The van der Waals surface area contributed by atoms with Crippen molar-refractivity contribution in [3.63, 3.8) is 0 Å². The Hall–Kier alpha value is -1.10. The highest BCUT2D eigenvalue weighted by atomic mass is 16.5. The van der Waals surface area contributed by atoms with Crippen molar-refractivity contribution in [3.8, 4) is 5.75 Å². The van der Waals surface area contributed by atoms with E-state index >= 15 is 0 Å². The fourth-order valence-corrected chi connectivity index (χ4v) is 1.59. The highest BCUT2D eigenvalue weighted by Gasteiger charge is 2.01. The Morgan fingerprint density at radius 3 is 2.67 bits per heavy atom. The maximum Gasteiger partial charge on any atom is 0.122 e. The maximum atomic E-state index is 8.94. The van der Waals surface area contributed by atoms with Gasteiger partial charge in [-0.15, -0.1) is 0 Å². The lowest BCUT2D eigenvalue weighted by Crippen LogP contribution is -2.09. The third-order valence-electron chi connectivity index (χ3n) is 2.48. The zero-order valence-corrected chi connectivity index (χ0v) is 10.9. The largest absolute Gasteiger partial charge is 0.491 e. The highest BCUT2D eigenvalue weighted by Crippen LogP contribution is 2.17. The molecule has 1 aromatic rings. The number of rotatable bonds is 10. The Labute approximate surface area is 108 Å². The second kappa shape index (κ2) is 9.88. The molecule has 102 valence electrons. The molecule has 0 fully saturated rings. The van der Waals surface area contributed by atoms with Gasteiger partial charge in [-0.05, 0) is 24.5 Å². The number of ether oxygens (including phenoxy) is 3. The van der Waals surface area contributed by atoms with Crippen molar-refractivity contribution in [1.82, 2.24) is 0 Å². The molecule has 0 aliphatic carbocycles. The summed E-state index contributed by atoms with van der Waals surface area (Å²) in [5, 5.41) is 8.94. The summed E-state index contributed by atoms with van der Waals surface area (Å²) < 4.78 is 16.0. The topological polar surface area (TPSA) is 47.9 Å². The van der Waals surface area contributed by atoms with Crippen LogP contribution >= 0.6 is 0 Å². The van der Waals surface area contributed by atoms with Gasteiger partial charge in [-0.25, -0.2) is 0 Å². The zero-order chi connectivity index (χ0) is 13.1. The molecule has 18 heavy (non-hydrogen) atoms. The quantitative estimate of drug-likeness (QED) is 0.645. The summed E-state index contributed by atoms with van der Waals surface area (Å²) in [5.74, 6) is 0.826. The van der Waals surface area contributed by atoms with Crippen LogP contribution in [0.5, 0.6) is 5.75 Å². The molecule has 0 atom stereocenters. The number of aliphatic hydroxyl groups excluding tert-OH is 1. The predicted octanol–water partition coefficient (Wildman–Crippen LogP) is 1.65. The summed E-state index contributed by atoms with van der Waals surface area (Å²) in [6, 6.07) is 7.75. The highest BCUT2D eigenvalue weighted by molar-refractivity contribution is 5.33. The Morgan fingerprint density at radius 2 is 1.89 bits per heavy atom. The van der Waals surface area contributed by atoms with Crippen molar-refractivity contribution in [2.24, 2.45) is 0 Å². The molecule has 0 radical (unpaired) electrons.